The van der Waals surface area contributed by atoms with Crippen LogP contribution < -0.4 is 11.1 Å². The molecular formula is C14H16N4O3. The number of anilines is 1. The predicted octanol–water partition coefficient (Wildman–Crippen LogP) is 0.956. The van der Waals surface area contributed by atoms with Gasteiger partial charge in [-0.25, -0.2) is 9.78 Å². The molecule has 1 heterocycles. The van der Waals surface area contributed by atoms with Gasteiger partial charge >= 0.3 is 5.97 Å². The standard InChI is InChI=1S/C14H16N4O3/c1-3-21-14(20)10(8-15)12(16)9(2)13(19)18-11-6-4-5-7-17-11/h4-7,9H,3,16H2,1-2H3,(H,17,18,19)/b12-10+. The van der Waals surface area contributed by atoms with Crippen molar-refractivity contribution in [3.63, 3.8) is 0 Å². The van der Waals surface area contributed by atoms with Crippen LogP contribution in [0, 0.1) is 17.2 Å². The highest BCUT2D eigenvalue weighted by molar-refractivity contribution is 5.98. The van der Waals surface area contributed by atoms with Gasteiger partial charge in [0.05, 0.1) is 12.5 Å². The number of nitrogens with two attached hydrogens (primary N) is 1. The predicted molar refractivity (Wildman–Crippen MR) is 75.5 cm³/mol. The summed E-state index contributed by atoms with van der Waals surface area (Å²) in [6.45, 7) is 3.22. The number of nitriles is 1. The molecule has 21 heavy (non-hydrogen) atoms. The van der Waals surface area contributed by atoms with Crippen molar-refractivity contribution >= 4 is 17.7 Å². The Balaban J connectivity index is 2.90. The maximum Gasteiger partial charge on any atom is 0.350 e. The fraction of sp³-hybridized carbons (Fsp3) is 0.286. The van der Waals surface area contributed by atoms with E-state index in [1.807, 2.05) is 0 Å². The minimum atomic E-state index is -0.869. The van der Waals surface area contributed by atoms with Crippen LogP contribution in [0.25, 0.3) is 0 Å². The summed E-state index contributed by atoms with van der Waals surface area (Å²) in [6, 6.07) is 6.71. The number of nitrogens with one attached hydrogen (secondary N) is 1. The first-order chi connectivity index (χ1) is 10.0. The second-order valence-corrected chi connectivity index (χ2v) is 4.09. The molecule has 0 aromatic carbocycles. The van der Waals surface area contributed by atoms with Gasteiger partial charge in [-0.2, -0.15) is 5.26 Å². The molecule has 0 aliphatic rings. The molecule has 1 rings (SSSR count). The Bertz CT molecular complexity index is 590. The second kappa shape index (κ2) is 7.65. The highest BCUT2D eigenvalue weighted by Crippen LogP contribution is 2.14. The quantitative estimate of drug-likeness (QED) is 0.473. The van der Waals surface area contributed by atoms with E-state index in [1.165, 1.54) is 13.1 Å². The van der Waals surface area contributed by atoms with Crippen LogP contribution in [0.15, 0.2) is 35.7 Å². The Morgan fingerprint density at radius 2 is 2.24 bits per heavy atom. The van der Waals surface area contributed by atoms with Gasteiger partial charge in [-0.15, -0.1) is 0 Å². The Morgan fingerprint density at radius 3 is 2.76 bits per heavy atom. The lowest BCUT2D eigenvalue weighted by Crippen LogP contribution is -2.28. The van der Waals surface area contributed by atoms with Crippen LogP contribution in [-0.2, 0) is 14.3 Å². The van der Waals surface area contributed by atoms with E-state index in [9.17, 15) is 9.59 Å². The van der Waals surface area contributed by atoms with E-state index >= 15 is 0 Å². The average molecular weight is 288 g/mol. The highest BCUT2D eigenvalue weighted by atomic mass is 16.5. The highest BCUT2D eigenvalue weighted by Gasteiger charge is 2.23. The first kappa shape index (κ1) is 16.2. The Kier molecular flexibility index (Phi) is 5.89. The van der Waals surface area contributed by atoms with E-state index in [2.05, 4.69) is 10.3 Å². The molecule has 0 saturated carbocycles. The Hall–Kier alpha value is -2.88. The molecule has 0 aliphatic heterocycles. The monoisotopic (exact) mass is 288 g/mol. The summed E-state index contributed by atoms with van der Waals surface area (Å²) in [5, 5.41) is 11.5. The van der Waals surface area contributed by atoms with E-state index in [-0.39, 0.29) is 17.9 Å². The zero-order valence-electron chi connectivity index (χ0n) is 11.8. The van der Waals surface area contributed by atoms with Crippen molar-refractivity contribution in [3.05, 3.63) is 35.7 Å². The third-order valence-corrected chi connectivity index (χ3v) is 2.66. The number of rotatable bonds is 5. The summed E-state index contributed by atoms with van der Waals surface area (Å²) in [5.74, 6) is -1.82. The van der Waals surface area contributed by atoms with Gasteiger partial charge in [0.25, 0.3) is 0 Å². The summed E-state index contributed by atoms with van der Waals surface area (Å²) in [4.78, 5) is 27.5. The molecule has 1 unspecified atom stereocenters. The lowest BCUT2D eigenvalue weighted by Gasteiger charge is -2.13. The maximum atomic E-state index is 12.0. The molecule has 3 N–H and O–H groups in total. The number of pyridine rings is 1. The van der Waals surface area contributed by atoms with Crippen molar-refractivity contribution in [3.8, 4) is 6.07 Å². The van der Waals surface area contributed by atoms with E-state index in [0.717, 1.165) is 0 Å². The molecule has 1 atom stereocenters. The third kappa shape index (κ3) is 4.31. The van der Waals surface area contributed by atoms with Gasteiger partial charge in [0.1, 0.15) is 11.9 Å². The van der Waals surface area contributed by atoms with Gasteiger partial charge in [0.2, 0.25) is 5.91 Å². The normalized spacial score (nSPS) is 12.6. The molecule has 0 fully saturated rings. The molecule has 0 saturated heterocycles. The molecular weight excluding hydrogens is 272 g/mol. The van der Waals surface area contributed by atoms with Crippen LogP contribution in [0.4, 0.5) is 5.82 Å². The molecule has 110 valence electrons. The van der Waals surface area contributed by atoms with Crippen molar-refractivity contribution in [1.29, 1.82) is 5.26 Å². The van der Waals surface area contributed by atoms with Crippen molar-refractivity contribution in [2.75, 3.05) is 11.9 Å². The summed E-state index contributed by atoms with van der Waals surface area (Å²) in [5.41, 5.74) is 5.24. The second-order valence-electron chi connectivity index (χ2n) is 4.09. The largest absolute Gasteiger partial charge is 0.462 e. The number of ether oxygens (including phenoxy) is 1. The number of aromatic nitrogens is 1. The molecule has 0 spiro atoms. The molecule has 1 amide bonds. The van der Waals surface area contributed by atoms with Crippen LogP contribution in [0.1, 0.15) is 13.8 Å². The van der Waals surface area contributed by atoms with Gasteiger partial charge in [-0.1, -0.05) is 6.07 Å². The van der Waals surface area contributed by atoms with Crippen molar-refractivity contribution in [2.24, 2.45) is 11.7 Å². The first-order valence-corrected chi connectivity index (χ1v) is 6.30. The number of esters is 1. The van der Waals surface area contributed by atoms with Crippen LogP contribution in [0.3, 0.4) is 0 Å². The van der Waals surface area contributed by atoms with Gasteiger partial charge in [0.15, 0.2) is 5.57 Å². The van der Waals surface area contributed by atoms with Crippen LogP contribution in [0.2, 0.25) is 0 Å². The van der Waals surface area contributed by atoms with E-state index in [4.69, 9.17) is 15.7 Å². The Labute approximate surface area is 122 Å². The minimum absolute atomic E-state index is 0.117. The van der Waals surface area contributed by atoms with Gasteiger partial charge in [-0.3, -0.25) is 4.79 Å². The van der Waals surface area contributed by atoms with Gasteiger partial charge < -0.3 is 15.8 Å². The third-order valence-electron chi connectivity index (χ3n) is 2.66. The summed E-state index contributed by atoms with van der Waals surface area (Å²) in [6.07, 6.45) is 1.53. The van der Waals surface area contributed by atoms with E-state index in [0.29, 0.717) is 5.82 Å². The van der Waals surface area contributed by atoms with Crippen LogP contribution in [-0.4, -0.2) is 23.5 Å². The number of hydrogen-bond donors (Lipinski definition) is 2. The molecule has 0 aliphatic carbocycles. The molecule has 7 nitrogen and oxygen atoms in total. The smallest absolute Gasteiger partial charge is 0.350 e. The molecule has 0 bridgehead atoms. The van der Waals surface area contributed by atoms with Gasteiger partial charge in [0, 0.05) is 11.9 Å². The topological polar surface area (TPSA) is 118 Å². The Morgan fingerprint density at radius 1 is 1.52 bits per heavy atom. The molecule has 1 aromatic heterocycles. The fourth-order valence-corrected chi connectivity index (χ4v) is 1.46. The van der Waals surface area contributed by atoms with Crippen LogP contribution in [0.5, 0.6) is 0 Å². The lowest BCUT2D eigenvalue weighted by atomic mass is 10.0. The molecule has 1 aromatic rings. The first-order valence-electron chi connectivity index (χ1n) is 6.30. The zero-order valence-corrected chi connectivity index (χ0v) is 11.8. The summed E-state index contributed by atoms with van der Waals surface area (Å²) < 4.78 is 4.72. The van der Waals surface area contributed by atoms with E-state index in [1.54, 1.807) is 31.2 Å². The minimum Gasteiger partial charge on any atom is -0.462 e. The van der Waals surface area contributed by atoms with Crippen molar-refractivity contribution in [1.82, 2.24) is 4.98 Å². The fourth-order valence-electron chi connectivity index (χ4n) is 1.46. The average Bonchev–Trinajstić information content (AvgIpc) is 2.48. The summed E-state index contributed by atoms with van der Waals surface area (Å²) >= 11 is 0. The maximum absolute atomic E-state index is 12.0. The SMILES string of the molecule is CCOC(=O)/C(C#N)=C(/N)C(C)C(=O)Nc1ccccn1. The number of nitrogens with zero attached hydrogens (tertiary/aromatic N) is 2. The molecule has 7 heteroatoms. The number of carbonyl (C=O) groups is 2. The van der Waals surface area contributed by atoms with Crippen molar-refractivity contribution < 1.29 is 14.3 Å². The molecule has 0 radical (unpaired) electrons. The number of amides is 1. The number of hydrogen-bond acceptors (Lipinski definition) is 6. The van der Waals surface area contributed by atoms with Crippen molar-refractivity contribution in [2.45, 2.75) is 13.8 Å². The van der Waals surface area contributed by atoms with Crippen LogP contribution >= 0.6 is 0 Å². The number of carbonyl (C=O) groups excluding carboxylic acids is 2. The van der Waals surface area contributed by atoms with Gasteiger partial charge in [-0.05, 0) is 26.0 Å². The van der Waals surface area contributed by atoms with E-state index < -0.39 is 17.8 Å². The lowest BCUT2D eigenvalue weighted by molar-refractivity contribution is -0.138. The summed E-state index contributed by atoms with van der Waals surface area (Å²) in [7, 11) is 0. The zero-order chi connectivity index (χ0) is 15.8.